The number of carbonyl (C=O) groups is 1. The van der Waals surface area contributed by atoms with Crippen molar-refractivity contribution in [3.05, 3.63) is 23.9 Å². The lowest BCUT2D eigenvalue weighted by Crippen LogP contribution is -2.62. The standard InChI is InChI=1S/C18H24N4O2/c1-17(2,3)24-16(23)22-12-18(13-22)6-8-21(9-7-18)15-5-4-14(10-19)11-20-15/h4-5,11H,6-9,12-13H2,1-3H3. The number of amides is 1. The summed E-state index contributed by atoms with van der Waals surface area (Å²) in [7, 11) is 0. The highest BCUT2D eigenvalue weighted by Crippen LogP contribution is 2.41. The third kappa shape index (κ3) is 3.45. The number of pyridine rings is 1. The zero-order chi connectivity index (χ0) is 17.4. The molecule has 2 aliphatic rings. The summed E-state index contributed by atoms with van der Waals surface area (Å²) in [6, 6.07) is 5.80. The van der Waals surface area contributed by atoms with Gasteiger partial charge >= 0.3 is 6.09 Å². The molecule has 6 heteroatoms. The van der Waals surface area contributed by atoms with Crippen LogP contribution in [0.25, 0.3) is 0 Å². The van der Waals surface area contributed by atoms with Crippen molar-refractivity contribution in [2.75, 3.05) is 31.1 Å². The number of nitrogens with zero attached hydrogens (tertiary/aromatic N) is 4. The molecule has 1 aromatic rings. The van der Waals surface area contributed by atoms with E-state index in [1.165, 1.54) is 0 Å². The second-order valence-corrected chi connectivity index (χ2v) is 7.84. The van der Waals surface area contributed by atoms with Gasteiger partial charge in [-0.2, -0.15) is 5.26 Å². The number of carbonyl (C=O) groups excluding carboxylic acids is 1. The zero-order valence-electron chi connectivity index (χ0n) is 14.6. The monoisotopic (exact) mass is 328 g/mol. The fourth-order valence-electron chi connectivity index (χ4n) is 3.38. The van der Waals surface area contributed by atoms with Crippen LogP contribution in [0, 0.1) is 16.7 Å². The Morgan fingerprint density at radius 1 is 1.29 bits per heavy atom. The average Bonchev–Trinajstić information content (AvgIpc) is 2.51. The maximum Gasteiger partial charge on any atom is 0.410 e. The highest BCUT2D eigenvalue weighted by Gasteiger charge is 2.47. The molecule has 0 aromatic carbocycles. The summed E-state index contributed by atoms with van der Waals surface area (Å²) in [4.78, 5) is 20.5. The summed E-state index contributed by atoms with van der Waals surface area (Å²) in [6.07, 6.45) is 3.51. The van der Waals surface area contributed by atoms with Crippen LogP contribution >= 0.6 is 0 Å². The number of rotatable bonds is 1. The summed E-state index contributed by atoms with van der Waals surface area (Å²) in [5.41, 5.74) is 0.379. The van der Waals surface area contributed by atoms with E-state index >= 15 is 0 Å². The van der Waals surface area contributed by atoms with E-state index in [-0.39, 0.29) is 11.5 Å². The van der Waals surface area contributed by atoms with E-state index < -0.39 is 5.60 Å². The lowest BCUT2D eigenvalue weighted by atomic mass is 9.72. The first-order chi connectivity index (χ1) is 11.3. The van der Waals surface area contributed by atoms with Crippen molar-refractivity contribution in [3.8, 4) is 6.07 Å². The Bertz CT molecular complexity index is 641. The number of hydrogen-bond donors (Lipinski definition) is 0. The van der Waals surface area contributed by atoms with Gasteiger partial charge in [-0.1, -0.05) is 0 Å². The van der Waals surface area contributed by atoms with Crippen molar-refractivity contribution in [1.29, 1.82) is 5.26 Å². The van der Waals surface area contributed by atoms with Crippen LogP contribution in [0.2, 0.25) is 0 Å². The number of anilines is 1. The zero-order valence-corrected chi connectivity index (χ0v) is 14.6. The van der Waals surface area contributed by atoms with Crippen molar-refractivity contribution in [2.45, 2.75) is 39.2 Å². The summed E-state index contributed by atoms with van der Waals surface area (Å²) in [6.45, 7) is 9.12. The largest absolute Gasteiger partial charge is 0.444 e. The molecule has 0 unspecified atom stereocenters. The van der Waals surface area contributed by atoms with E-state index in [0.29, 0.717) is 5.56 Å². The Balaban J connectivity index is 1.51. The van der Waals surface area contributed by atoms with Gasteiger partial charge in [-0.15, -0.1) is 0 Å². The van der Waals surface area contributed by atoms with Crippen LogP contribution < -0.4 is 4.90 Å². The van der Waals surface area contributed by atoms with Gasteiger partial charge in [-0.25, -0.2) is 9.78 Å². The molecule has 0 N–H and O–H groups in total. The van der Waals surface area contributed by atoms with Crippen LogP contribution in [0.3, 0.4) is 0 Å². The second-order valence-electron chi connectivity index (χ2n) is 7.84. The Hall–Kier alpha value is -2.29. The van der Waals surface area contributed by atoms with Gasteiger partial charge in [0.25, 0.3) is 0 Å². The molecular formula is C18H24N4O2. The van der Waals surface area contributed by atoms with Crippen LogP contribution in [-0.4, -0.2) is 47.8 Å². The molecule has 1 amide bonds. The van der Waals surface area contributed by atoms with Crippen molar-refractivity contribution in [1.82, 2.24) is 9.88 Å². The van der Waals surface area contributed by atoms with Crippen molar-refractivity contribution in [3.63, 3.8) is 0 Å². The SMILES string of the molecule is CC(C)(C)OC(=O)N1CC2(CCN(c3ccc(C#N)cn3)CC2)C1. The van der Waals surface area contributed by atoms with Crippen LogP contribution in [0.5, 0.6) is 0 Å². The molecule has 0 aliphatic carbocycles. The van der Waals surface area contributed by atoms with Crippen LogP contribution in [-0.2, 0) is 4.74 Å². The second kappa shape index (κ2) is 5.97. The minimum Gasteiger partial charge on any atom is -0.444 e. The topological polar surface area (TPSA) is 69.5 Å². The molecular weight excluding hydrogens is 304 g/mol. The maximum atomic E-state index is 12.1. The molecule has 0 atom stereocenters. The molecule has 1 aromatic heterocycles. The van der Waals surface area contributed by atoms with Crippen molar-refractivity contribution >= 4 is 11.9 Å². The first-order valence-corrected chi connectivity index (χ1v) is 8.39. The van der Waals surface area contributed by atoms with E-state index in [9.17, 15) is 4.79 Å². The minimum absolute atomic E-state index is 0.204. The Morgan fingerprint density at radius 3 is 2.46 bits per heavy atom. The van der Waals surface area contributed by atoms with Crippen LogP contribution in [0.1, 0.15) is 39.2 Å². The van der Waals surface area contributed by atoms with Gasteiger partial charge in [-0.3, -0.25) is 0 Å². The third-order valence-electron chi connectivity index (χ3n) is 4.73. The number of piperidine rings is 1. The predicted octanol–water partition coefficient (Wildman–Crippen LogP) is 2.79. The highest BCUT2D eigenvalue weighted by atomic mass is 16.6. The summed E-state index contributed by atoms with van der Waals surface area (Å²) >= 11 is 0. The van der Waals surface area contributed by atoms with Gasteiger partial charge in [0, 0.05) is 37.8 Å². The fourth-order valence-corrected chi connectivity index (χ4v) is 3.38. The molecule has 0 radical (unpaired) electrons. The molecule has 24 heavy (non-hydrogen) atoms. The third-order valence-corrected chi connectivity index (χ3v) is 4.73. The highest BCUT2D eigenvalue weighted by molar-refractivity contribution is 5.69. The molecule has 6 nitrogen and oxygen atoms in total. The van der Waals surface area contributed by atoms with Gasteiger partial charge in [0.2, 0.25) is 0 Å². The Morgan fingerprint density at radius 2 is 1.96 bits per heavy atom. The van der Waals surface area contributed by atoms with E-state index in [1.807, 2.05) is 26.8 Å². The summed E-state index contributed by atoms with van der Waals surface area (Å²) < 4.78 is 5.43. The number of aromatic nitrogens is 1. The molecule has 2 aliphatic heterocycles. The van der Waals surface area contributed by atoms with E-state index in [2.05, 4.69) is 16.0 Å². The number of nitriles is 1. The minimum atomic E-state index is -0.440. The Labute approximate surface area is 143 Å². The number of likely N-dealkylation sites (tertiary alicyclic amines) is 1. The average molecular weight is 328 g/mol. The lowest BCUT2D eigenvalue weighted by molar-refractivity contribution is -0.0434. The molecule has 3 heterocycles. The normalized spacial score (nSPS) is 19.6. The predicted molar refractivity (Wildman–Crippen MR) is 90.6 cm³/mol. The smallest absolute Gasteiger partial charge is 0.410 e. The maximum absolute atomic E-state index is 12.1. The molecule has 2 saturated heterocycles. The van der Waals surface area contributed by atoms with Crippen LogP contribution in [0.15, 0.2) is 18.3 Å². The molecule has 128 valence electrons. The van der Waals surface area contributed by atoms with Crippen molar-refractivity contribution < 1.29 is 9.53 Å². The van der Waals surface area contributed by atoms with Gasteiger partial charge in [0.1, 0.15) is 17.5 Å². The number of hydrogen-bond acceptors (Lipinski definition) is 5. The van der Waals surface area contributed by atoms with Gasteiger partial charge in [-0.05, 0) is 45.7 Å². The van der Waals surface area contributed by atoms with Crippen LogP contribution in [0.4, 0.5) is 10.6 Å². The molecule has 0 bridgehead atoms. The molecule has 0 saturated carbocycles. The number of ether oxygens (including phenoxy) is 1. The van der Waals surface area contributed by atoms with E-state index in [1.54, 1.807) is 17.2 Å². The van der Waals surface area contributed by atoms with E-state index in [4.69, 9.17) is 10.00 Å². The molecule has 3 rings (SSSR count). The molecule has 2 fully saturated rings. The first-order valence-electron chi connectivity index (χ1n) is 8.39. The Kier molecular flexibility index (Phi) is 4.12. The summed E-state index contributed by atoms with van der Waals surface area (Å²) in [5, 5.41) is 8.84. The van der Waals surface area contributed by atoms with Crippen molar-refractivity contribution in [2.24, 2.45) is 5.41 Å². The van der Waals surface area contributed by atoms with Gasteiger partial charge < -0.3 is 14.5 Å². The first kappa shape index (κ1) is 16.6. The lowest BCUT2D eigenvalue weighted by Gasteiger charge is -2.53. The fraction of sp³-hybridized carbons (Fsp3) is 0.611. The van der Waals surface area contributed by atoms with Gasteiger partial charge in [0.15, 0.2) is 0 Å². The summed E-state index contributed by atoms with van der Waals surface area (Å²) in [5.74, 6) is 0.923. The van der Waals surface area contributed by atoms with Gasteiger partial charge in [0.05, 0.1) is 5.56 Å². The quantitative estimate of drug-likeness (QED) is 0.793. The van der Waals surface area contributed by atoms with E-state index in [0.717, 1.165) is 44.8 Å². The molecule has 1 spiro atoms.